The number of hydrogen-bond acceptors (Lipinski definition) is 10. The highest BCUT2D eigenvalue weighted by molar-refractivity contribution is 5.67. The van der Waals surface area contributed by atoms with E-state index in [1.807, 2.05) is 24.3 Å². The Morgan fingerprint density at radius 2 is 0.603 bits per heavy atom. The van der Waals surface area contributed by atoms with E-state index in [-0.39, 0.29) is 49.1 Å². The van der Waals surface area contributed by atoms with Gasteiger partial charge in [-0.2, -0.15) is 8.78 Å². The fraction of sp³-hybridized carbons (Fsp3) is 0.625. The van der Waals surface area contributed by atoms with Crippen LogP contribution in [-0.2, 0) is 37.9 Å². The first-order chi connectivity index (χ1) is 38.4. The summed E-state index contributed by atoms with van der Waals surface area (Å²) in [6, 6.07) is 22.0. The zero-order valence-corrected chi connectivity index (χ0v) is 46.9. The molecular formula is C64H90F4O10. The molecule has 0 atom stereocenters. The Labute approximate surface area is 463 Å². The highest BCUT2D eigenvalue weighted by atomic mass is 19.2. The fourth-order valence-electron chi connectivity index (χ4n) is 10.6. The van der Waals surface area contributed by atoms with Crippen molar-refractivity contribution in [3.63, 3.8) is 0 Å². The van der Waals surface area contributed by atoms with Gasteiger partial charge in [0.25, 0.3) is 0 Å². The minimum absolute atomic E-state index is 0.0756. The molecule has 0 saturated heterocycles. The van der Waals surface area contributed by atoms with Crippen LogP contribution in [0.5, 0.6) is 11.5 Å². The fourth-order valence-corrected chi connectivity index (χ4v) is 10.6. The first-order valence-electron chi connectivity index (χ1n) is 29.4. The SMILES string of the molecule is CCCCCC1CCC(c2ccc(-c3ccc(OCCOCCOCCOCCOCCOCCOCCOCCOCCOc4ccc(-c5ccc(C6CCC(CCCCC)CC6)cc5)c(F)c4F)c(F)c3F)cc2)CC1. The van der Waals surface area contributed by atoms with Crippen LogP contribution in [0.25, 0.3) is 22.3 Å². The van der Waals surface area contributed by atoms with E-state index in [4.69, 9.17) is 47.4 Å². The molecule has 0 unspecified atom stereocenters. The van der Waals surface area contributed by atoms with Crippen molar-refractivity contribution in [1.29, 1.82) is 0 Å². The third-order valence-electron chi connectivity index (χ3n) is 15.2. The second kappa shape index (κ2) is 37.7. The third kappa shape index (κ3) is 22.4. The minimum Gasteiger partial charge on any atom is -0.488 e. The summed E-state index contributed by atoms with van der Waals surface area (Å²) in [7, 11) is 0. The van der Waals surface area contributed by atoms with E-state index < -0.39 is 23.3 Å². The molecule has 0 N–H and O–H groups in total. The number of benzene rings is 4. The van der Waals surface area contributed by atoms with Gasteiger partial charge in [0.1, 0.15) is 13.2 Å². The van der Waals surface area contributed by atoms with E-state index in [1.165, 1.54) is 126 Å². The van der Waals surface area contributed by atoms with Gasteiger partial charge in [0.15, 0.2) is 23.1 Å². The predicted molar refractivity (Wildman–Crippen MR) is 299 cm³/mol. The predicted octanol–water partition coefficient (Wildman–Crippen LogP) is 14.9. The van der Waals surface area contributed by atoms with Gasteiger partial charge in [0.05, 0.1) is 106 Å². The minimum atomic E-state index is -1.00. The number of ether oxygens (including phenoxy) is 10. The molecule has 6 rings (SSSR count). The van der Waals surface area contributed by atoms with Gasteiger partial charge in [-0.05, 0) is 122 Å². The molecule has 2 saturated carbocycles. The van der Waals surface area contributed by atoms with Crippen LogP contribution >= 0.6 is 0 Å². The molecule has 434 valence electrons. The lowest BCUT2D eigenvalue weighted by Crippen LogP contribution is -2.15. The average Bonchev–Trinajstić information content (AvgIpc) is 3.51. The lowest BCUT2D eigenvalue weighted by molar-refractivity contribution is -0.0241. The van der Waals surface area contributed by atoms with E-state index in [0.717, 1.165) is 11.8 Å². The lowest BCUT2D eigenvalue weighted by Gasteiger charge is -2.29. The molecule has 4 aromatic carbocycles. The molecule has 0 bridgehead atoms. The molecule has 2 aliphatic carbocycles. The van der Waals surface area contributed by atoms with Crippen molar-refractivity contribution < 1.29 is 64.9 Å². The number of unbranched alkanes of at least 4 members (excludes halogenated alkanes) is 4. The van der Waals surface area contributed by atoms with Crippen molar-refractivity contribution in [1.82, 2.24) is 0 Å². The number of halogens is 4. The van der Waals surface area contributed by atoms with Gasteiger partial charge < -0.3 is 47.4 Å². The van der Waals surface area contributed by atoms with Crippen LogP contribution in [0.1, 0.15) is 140 Å². The van der Waals surface area contributed by atoms with Crippen molar-refractivity contribution in [3.05, 3.63) is 107 Å². The second-order valence-corrected chi connectivity index (χ2v) is 20.7. The van der Waals surface area contributed by atoms with Crippen molar-refractivity contribution in [2.24, 2.45) is 11.8 Å². The molecule has 0 amide bonds. The summed E-state index contributed by atoms with van der Waals surface area (Å²) in [4.78, 5) is 0. The Morgan fingerprint density at radius 1 is 0.321 bits per heavy atom. The monoisotopic (exact) mass is 1090 g/mol. The van der Waals surface area contributed by atoms with Gasteiger partial charge in [0, 0.05) is 11.1 Å². The molecule has 0 heterocycles. The maximum atomic E-state index is 15.1. The average molecular weight is 1100 g/mol. The van der Waals surface area contributed by atoms with E-state index in [9.17, 15) is 8.78 Å². The molecule has 78 heavy (non-hydrogen) atoms. The molecule has 2 fully saturated rings. The van der Waals surface area contributed by atoms with Crippen LogP contribution in [-0.4, -0.2) is 119 Å². The molecule has 2 aliphatic rings. The third-order valence-corrected chi connectivity index (χ3v) is 15.2. The maximum Gasteiger partial charge on any atom is 0.201 e. The summed E-state index contributed by atoms with van der Waals surface area (Å²) in [6.45, 7) is 10.6. The molecule has 10 nitrogen and oxygen atoms in total. The highest BCUT2D eigenvalue weighted by Crippen LogP contribution is 2.41. The maximum absolute atomic E-state index is 15.1. The largest absolute Gasteiger partial charge is 0.488 e. The lowest BCUT2D eigenvalue weighted by atomic mass is 9.77. The summed E-state index contributed by atoms with van der Waals surface area (Å²) in [6.07, 6.45) is 20.4. The van der Waals surface area contributed by atoms with Gasteiger partial charge in [-0.1, -0.05) is 114 Å². The Hall–Kier alpha value is -4.12. The number of hydrogen-bond donors (Lipinski definition) is 0. The first-order valence-corrected chi connectivity index (χ1v) is 29.4. The normalized spacial score (nSPS) is 17.7. The second-order valence-electron chi connectivity index (χ2n) is 20.7. The van der Waals surface area contributed by atoms with E-state index >= 15 is 8.78 Å². The van der Waals surface area contributed by atoms with Crippen molar-refractivity contribution in [2.75, 3.05) is 119 Å². The Bertz CT molecular complexity index is 2040. The molecular weight excluding hydrogens is 1000 g/mol. The highest BCUT2D eigenvalue weighted by Gasteiger charge is 2.25. The summed E-state index contributed by atoms with van der Waals surface area (Å²) in [5.41, 5.74) is 4.30. The van der Waals surface area contributed by atoms with E-state index in [2.05, 4.69) is 38.1 Å². The smallest absolute Gasteiger partial charge is 0.201 e. The van der Waals surface area contributed by atoms with Crippen LogP contribution in [0.15, 0.2) is 72.8 Å². The summed E-state index contributed by atoms with van der Waals surface area (Å²) in [5.74, 6) is -1.35. The zero-order valence-electron chi connectivity index (χ0n) is 46.9. The Morgan fingerprint density at radius 3 is 0.885 bits per heavy atom. The standard InChI is InChI=1S/C64H90F4O10/c1-3-5-7-9-49-11-15-51(16-12-49)53-19-23-55(24-20-53)57-27-29-59(63(67)61(57)65)77-47-45-75-43-41-73-39-37-71-35-33-69-31-32-70-34-36-72-38-40-74-42-44-76-46-48-78-60-30-28-58(62(66)64(60)68)56-25-21-54(22-26-56)52-17-13-50(14-18-52)10-8-6-4-2/h19-30,49-52H,3-18,31-48H2,1-2H3. The van der Waals surface area contributed by atoms with Crippen LogP contribution in [0, 0.1) is 35.1 Å². The summed E-state index contributed by atoms with van der Waals surface area (Å²) >= 11 is 0. The number of rotatable bonds is 41. The van der Waals surface area contributed by atoms with Gasteiger partial charge in [-0.25, -0.2) is 8.78 Å². The molecule has 0 radical (unpaired) electrons. The van der Waals surface area contributed by atoms with Crippen LogP contribution in [0.2, 0.25) is 0 Å². The molecule has 0 spiro atoms. The Balaban J connectivity index is 0.661. The van der Waals surface area contributed by atoms with Gasteiger partial charge in [0.2, 0.25) is 11.6 Å². The van der Waals surface area contributed by atoms with Gasteiger partial charge in [-0.3, -0.25) is 0 Å². The Kier molecular flexibility index (Phi) is 30.5. The summed E-state index contributed by atoms with van der Waals surface area (Å²) in [5, 5.41) is 0. The van der Waals surface area contributed by atoms with E-state index in [0.29, 0.717) is 115 Å². The van der Waals surface area contributed by atoms with Gasteiger partial charge >= 0.3 is 0 Å². The quantitative estimate of drug-likeness (QED) is 0.0316. The van der Waals surface area contributed by atoms with E-state index in [1.54, 1.807) is 12.1 Å². The summed E-state index contributed by atoms with van der Waals surface area (Å²) < 4.78 is 115. The van der Waals surface area contributed by atoms with Crippen LogP contribution in [0.3, 0.4) is 0 Å². The van der Waals surface area contributed by atoms with Crippen molar-refractivity contribution in [2.45, 2.75) is 128 Å². The molecule has 14 heteroatoms. The molecule has 4 aromatic rings. The van der Waals surface area contributed by atoms with Crippen molar-refractivity contribution in [3.8, 4) is 33.8 Å². The molecule has 0 aromatic heterocycles. The first kappa shape index (κ1) is 63.1. The van der Waals surface area contributed by atoms with Gasteiger partial charge in [-0.15, -0.1) is 0 Å². The zero-order chi connectivity index (χ0) is 54.8. The van der Waals surface area contributed by atoms with Crippen LogP contribution < -0.4 is 9.47 Å². The topological polar surface area (TPSA) is 92.3 Å². The molecule has 0 aliphatic heterocycles. The van der Waals surface area contributed by atoms with Crippen molar-refractivity contribution >= 4 is 0 Å². The van der Waals surface area contributed by atoms with Crippen LogP contribution in [0.4, 0.5) is 17.6 Å².